The monoisotopic (exact) mass is 426 g/mol. The lowest BCUT2D eigenvalue weighted by atomic mass is 9.72. The van der Waals surface area contributed by atoms with Gasteiger partial charge in [0.1, 0.15) is 5.75 Å². The Hall–Kier alpha value is -3.49. The van der Waals surface area contributed by atoms with Gasteiger partial charge in [0.15, 0.2) is 11.5 Å². The summed E-state index contributed by atoms with van der Waals surface area (Å²) in [6.45, 7) is 2.76. The van der Waals surface area contributed by atoms with E-state index in [1.165, 1.54) is 11.1 Å². The van der Waals surface area contributed by atoms with Crippen LogP contribution in [0.25, 0.3) is 0 Å². The quantitative estimate of drug-likeness (QED) is 0.578. The minimum absolute atomic E-state index is 0.0686. The van der Waals surface area contributed by atoms with Gasteiger partial charge in [0.25, 0.3) is 0 Å². The summed E-state index contributed by atoms with van der Waals surface area (Å²) in [6, 6.07) is 27.4. The fraction of sp³-hybridized carbons (Fsp3) is 0.296. The second-order valence-electron chi connectivity index (χ2n) is 8.43. The molecule has 0 amide bonds. The lowest BCUT2D eigenvalue weighted by Gasteiger charge is -2.41. The zero-order valence-corrected chi connectivity index (χ0v) is 18.1. The third-order valence-electron chi connectivity index (χ3n) is 6.54. The molecule has 3 aromatic rings. The fourth-order valence-electron chi connectivity index (χ4n) is 4.91. The van der Waals surface area contributed by atoms with Crippen LogP contribution in [0.3, 0.4) is 0 Å². The molecule has 0 radical (unpaired) electrons. The standard InChI is InChI=1S/C27H26N2O3/c1-30-22-10-7-20(8-11-22)24-16-29(15-19-5-3-2-4-6-19)17-25(23(24)14-28)21-9-12-26-27(13-21)32-18-31-26/h2-13,23-25H,15-18H2,1H3. The van der Waals surface area contributed by atoms with Crippen molar-refractivity contribution in [3.63, 3.8) is 0 Å². The summed E-state index contributed by atoms with van der Waals surface area (Å²) in [5.74, 6) is 2.38. The summed E-state index contributed by atoms with van der Waals surface area (Å²) in [5, 5.41) is 10.3. The first-order valence-electron chi connectivity index (χ1n) is 10.9. The first-order chi connectivity index (χ1) is 15.7. The minimum atomic E-state index is -0.143. The van der Waals surface area contributed by atoms with Crippen LogP contribution in [0.4, 0.5) is 0 Å². The number of nitriles is 1. The van der Waals surface area contributed by atoms with Gasteiger partial charge < -0.3 is 14.2 Å². The minimum Gasteiger partial charge on any atom is -0.497 e. The number of benzene rings is 3. The maximum atomic E-state index is 10.3. The van der Waals surface area contributed by atoms with Crippen molar-refractivity contribution >= 4 is 0 Å². The molecule has 0 N–H and O–H groups in total. The van der Waals surface area contributed by atoms with E-state index in [2.05, 4.69) is 59.5 Å². The molecule has 5 heteroatoms. The molecular weight excluding hydrogens is 400 g/mol. The number of ether oxygens (including phenoxy) is 3. The molecule has 2 aliphatic rings. The first-order valence-corrected chi connectivity index (χ1v) is 10.9. The lowest BCUT2D eigenvalue weighted by Crippen LogP contribution is -2.43. The van der Waals surface area contributed by atoms with Crippen molar-refractivity contribution in [2.75, 3.05) is 27.0 Å². The van der Waals surface area contributed by atoms with E-state index in [0.29, 0.717) is 0 Å². The molecule has 0 aromatic heterocycles. The Bertz CT molecular complexity index is 1110. The Kier molecular flexibility index (Phi) is 5.70. The van der Waals surface area contributed by atoms with Gasteiger partial charge in [-0.1, -0.05) is 48.5 Å². The molecule has 5 nitrogen and oxygen atoms in total. The highest BCUT2D eigenvalue weighted by molar-refractivity contribution is 5.46. The number of likely N-dealkylation sites (tertiary alicyclic amines) is 1. The molecule has 2 heterocycles. The number of piperidine rings is 1. The second-order valence-corrected chi connectivity index (χ2v) is 8.43. The summed E-state index contributed by atoms with van der Waals surface area (Å²) < 4.78 is 16.5. The van der Waals surface area contributed by atoms with Crippen molar-refractivity contribution in [3.8, 4) is 23.3 Å². The van der Waals surface area contributed by atoms with Gasteiger partial charge in [0.2, 0.25) is 6.79 Å². The number of methoxy groups -OCH3 is 1. The van der Waals surface area contributed by atoms with Gasteiger partial charge in [0.05, 0.1) is 19.1 Å². The van der Waals surface area contributed by atoms with E-state index in [1.54, 1.807) is 7.11 Å². The highest BCUT2D eigenvalue weighted by Crippen LogP contribution is 2.44. The molecule has 3 aromatic carbocycles. The SMILES string of the molecule is COc1ccc(C2CN(Cc3ccccc3)CC(c3ccc4c(c3)OCO4)C2C#N)cc1. The predicted octanol–water partition coefficient (Wildman–Crippen LogP) is 4.95. The molecular formula is C27H26N2O3. The smallest absolute Gasteiger partial charge is 0.231 e. The third-order valence-corrected chi connectivity index (χ3v) is 6.54. The Morgan fingerprint density at radius 1 is 0.906 bits per heavy atom. The van der Waals surface area contributed by atoms with Crippen LogP contribution >= 0.6 is 0 Å². The zero-order chi connectivity index (χ0) is 21.9. The molecule has 2 aliphatic heterocycles. The summed E-state index contributed by atoms with van der Waals surface area (Å²) in [7, 11) is 1.67. The summed E-state index contributed by atoms with van der Waals surface area (Å²) >= 11 is 0. The summed E-state index contributed by atoms with van der Waals surface area (Å²) in [5.41, 5.74) is 3.57. The molecule has 0 aliphatic carbocycles. The molecule has 162 valence electrons. The van der Waals surface area contributed by atoms with Crippen LogP contribution in [0.15, 0.2) is 72.8 Å². The van der Waals surface area contributed by atoms with Crippen LogP contribution in [0.2, 0.25) is 0 Å². The number of hydrogen-bond donors (Lipinski definition) is 0. The lowest BCUT2D eigenvalue weighted by molar-refractivity contribution is 0.151. The van der Waals surface area contributed by atoms with E-state index in [9.17, 15) is 5.26 Å². The van der Waals surface area contributed by atoms with Gasteiger partial charge in [0, 0.05) is 31.5 Å². The number of rotatable bonds is 5. The van der Waals surface area contributed by atoms with E-state index in [0.717, 1.165) is 42.4 Å². The molecule has 3 atom stereocenters. The van der Waals surface area contributed by atoms with E-state index in [-0.39, 0.29) is 24.5 Å². The first kappa shape index (κ1) is 20.4. The highest BCUT2D eigenvalue weighted by Gasteiger charge is 2.39. The molecule has 0 spiro atoms. The van der Waals surface area contributed by atoms with Crippen LogP contribution in [0, 0.1) is 17.2 Å². The van der Waals surface area contributed by atoms with Gasteiger partial charge in [-0.05, 0) is 41.0 Å². The van der Waals surface area contributed by atoms with E-state index < -0.39 is 0 Å². The maximum absolute atomic E-state index is 10.3. The largest absolute Gasteiger partial charge is 0.497 e. The van der Waals surface area contributed by atoms with Gasteiger partial charge in [-0.2, -0.15) is 5.26 Å². The van der Waals surface area contributed by atoms with Crippen LogP contribution in [0.5, 0.6) is 17.2 Å². The van der Waals surface area contributed by atoms with Crippen molar-refractivity contribution < 1.29 is 14.2 Å². The Morgan fingerprint density at radius 2 is 1.59 bits per heavy atom. The van der Waals surface area contributed by atoms with Gasteiger partial charge in [-0.25, -0.2) is 0 Å². The van der Waals surface area contributed by atoms with Crippen LogP contribution in [-0.4, -0.2) is 31.9 Å². The molecule has 0 saturated carbocycles. The topological polar surface area (TPSA) is 54.7 Å². The molecule has 1 fully saturated rings. The third kappa shape index (κ3) is 4.02. The van der Waals surface area contributed by atoms with Crippen LogP contribution in [-0.2, 0) is 6.54 Å². The summed E-state index contributed by atoms with van der Waals surface area (Å²) in [6.07, 6.45) is 0. The molecule has 0 bridgehead atoms. The van der Waals surface area contributed by atoms with Crippen molar-refractivity contribution in [3.05, 3.63) is 89.5 Å². The normalized spacial score (nSPS) is 22.3. The Morgan fingerprint density at radius 3 is 2.31 bits per heavy atom. The molecule has 32 heavy (non-hydrogen) atoms. The van der Waals surface area contributed by atoms with E-state index in [4.69, 9.17) is 14.2 Å². The highest BCUT2D eigenvalue weighted by atomic mass is 16.7. The van der Waals surface area contributed by atoms with Crippen molar-refractivity contribution in [1.82, 2.24) is 4.90 Å². The number of hydrogen-bond acceptors (Lipinski definition) is 5. The average Bonchev–Trinajstić information content (AvgIpc) is 3.32. The number of fused-ring (bicyclic) bond motifs is 1. The average molecular weight is 427 g/mol. The Balaban J connectivity index is 1.50. The second kappa shape index (κ2) is 8.94. The van der Waals surface area contributed by atoms with Crippen LogP contribution in [0.1, 0.15) is 28.5 Å². The fourth-order valence-corrected chi connectivity index (χ4v) is 4.91. The molecule has 1 saturated heterocycles. The van der Waals surface area contributed by atoms with Crippen molar-refractivity contribution in [2.24, 2.45) is 5.92 Å². The van der Waals surface area contributed by atoms with E-state index in [1.807, 2.05) is 24.3 Å². The Labute approximate surface area is 188 Å². The van der Waals surface area contributed by atoms with Gasteiger partial charge in [-0.15, -0.1) is 0 Å². The van der Waals surface area contributed by atoms with E-state index >= 15 is 0 Å². The molecule has 5 rings (SSSR count). The maximum Gasteiger partial charge on any atom is 0.231 e. The van der Waals surface area contributed by atoms with Gasteiger partial charge in [-0.3, -0.25) is 4.90 Å². The molecule has 3 unspecified atom stereocenters. The summed E-state index contributed by atoms with van der Waals surface area (Å²) in [4.78, 5) is 2.47. The van der Waals surface area contributed by atoms with Crippen LogP contribution < -0.4 is 14.2 Å². The predicted molar refractivity (Wildman–Crippen MR) is 122 cm³/mol. The van der Waals surface area contributed by atoms with Crippen molar-refractivity contribution in [1.29, 1.82) is 5.26 Å². The zero-order valence-electron chi connectivity index (χ0n) is 18.1. The number of nitrogens with zero attached hydrogens (tertiary/aromatic N) is 2. The van der Waals surface area contributed by atoms with Gasteiger partial charge >= 0.3 is 0 Å². The van der Waals surface area contributed by atoms with Crippen molar-refractivity contribution in [2.45, 2.75) is 18.4 Å².